The maximum Gasteiger partial charge on any atom is 0.333 e. The molecule has 18 heteroatoms. The highest BCUT2D eigenvalue weighted by Gasteiger charge is 2.31. The first-order chi connectivity index (χ1) is 29.6. The predicted molar refractivity (Wildman–Crippen MR) is 235 cm³/mol. The number of aryl methyl sites for hydroxylation is 6. The van der Waals surface area contributed by atoms with Crippen LogP contribution in [0.3, 0.4) is 0 Å². The summed E-state index contributed by atoms with van der Waals surface area (Å²) in [7, 11) is -4.30. The number of nitrogens with two attached hydrogens (primary N) is 1. The van der Waals surface area contributed by atoms with Crippen molar-refractivity contribution < 1.29 is 26.4 Å². The number of hydrogen-bond acceptors (Lipinski definition) is 11. The van der Waals surface area contributed by atoms with Crippen molar-refractivity contribution in [2.24, 2.45) is 24.2 Å². The van der Waals surface area contributed by atoms with Crippen molar-refractivity contribution >= 4 is 43.5 Å². The molecule has 2 saturated heterocycles. The molecule has 2 unspecified atom stereocenters. The summed E-state index contributed by atoms with van der Waals surface area (Å²) in [4.78, 5) is 31.7. The van der Waals surface area contributed by atoms with E-state index >= 15 is 0 Å². The van der Waals surface area contributed by atoms with E-state index in [0.717, 1.165) is 131 Å². The van der Waals surface area contributed by atoms with Crippen LogP contribution < -0.4 is 15.2 Å². The van der Waals surface area contributed by atoms with Crippen LogP contribution in [0.5, 0.6) is 0 Å². The molecule has 16 nitrogen and oxygen atoms in total. The maximum absolute atomic E-state index is 12.9. The molecule has 6 aliphatic rings. The molecule has 2 atom stereocenters. The Hall–Kier alpha value is -4.71. The molecule has 4 aliphatic carbocycles. The first kappa shape index (κ1) is 43.9. The highest BCUT2D eigenvalue weighted by molar-refractivity contribution is 7.90. The minimum absolute atomic E-state index is 0.0580. The van der Waals surface area contributed by atoms with Crippen LogP contribution in [-0.4, -0.2) is 84.5 Å². The van der Waals surface area contributed by atoms with E-state index in [4.69, 9.17) is 5.14 Å². The van der Waals surface area contributed by atoms with Gasteiger partial charge in [0.1, 0.15) is 0 Å². The van der Waals surface area contributed by atoms with Gasteiger partial charge >= 0.3 is 6.03 Å². The molecular formula is C44H58N10O6S2. The zero-order valence-electron chi connectivity index (χ0n) is 36.2. The van der Waals surface area contributed by atoms with Gasteiger partial charge in [-0.25, -0.2) is 27.9 Å². The van der Waals surface area contributed by atoms with Crippen molar-refractivity contribution in [1.29, 1.82) is 0 Å². The Morgan fingerprint density at radius 2 is 1.08 bits per heavy atom. The van der Waals surface area contributed by atoms with Crippen molar-refractivity contribution in [2.75, 3.05) is 31.5 Å². The van der Waals surface area contributed by atoms with E-state index in [1.54, 1.807) is 41.7 Å². The number of sulfonamides is 2. The molecule has 4 N–H and O–H groups in total. The summed E-state index contributed by atoms with van der Waals surface area (Å²) in [6, 6.07) is 7.28. The molecule has 4 aromatic rings. The fourth-order valence-corrected chi connectivity index (χ4v) is 11.5. The number of aliphatic imine (C=N–C) groups is 1. The Kier molecular flexibility index (Phi) is 12.6. The van der Waals surface area contributed by atoms with Crippen molar-refractivity contribution in [3.8, 4) is 0 Å². The van der Waals surface area contributed by atoms with Crippen molar-refractivity contribution in [3.63, 3.8) is 0 Å². The average Bonchev–Trinajstić information content (AvgIpc) is 4.02. The van der Waals surface area contributed by atoms with Crippen LogP contribution in [0.1, 0.15) is 120 Å². The summed E-state index contributed by atoms with van der Waals surface area (Å²) >= 11 is 0. The molecule has 62 heavy (non-hydrogen) atoms. The first-order valence-electron chi connectivity index (χ1n) is 22.0. The van der Waals surface area contributed by atoms with Gasteiger partial charge in [0.15, 0.2) is 10.1 Å². The van der Waals surface area contributed by atoms with Crippen LogP contribution in [0.4, 0.5) is 16.2 Å². The summed E-state index contributed by atoms with van der Waals surface area (Å²) < 4.78 is 53.4. The zero-order valence-corrected chi connectivity index (χ0v) is 37.8. The summed E-state index contributed by atoms with van der Waals surface area (Å²) in [5, 5.41) is 15.8. The van der Waals surface area contributed by atoms with Crippen LogP contribution in [0.15, 0.2) is 39.3 Å². The minimum atomic E-state index is -4.07. The second-order valence-electron chi connectivity index (χ2n) is 17.4. The van der Waals surface area contributed by atoms with Gasteiger partial charge in [0.05, 0.1) is 17.1 Å². The molecule has 2 aliphatic heterocycles. The van der Waals surface area contributed by atoms with Crippen molar-refractivity contribution in [1.82, 2.24) is 34.1 Å². The Labute approximate surface area is 364 Å². The predicted octanol–water partition coefficient (Wildman–Crippen LogP) is 5.14. The van der Waals surface area contributed by atoms with Gasteiger partial charge < -0.3 is 5.32 Å². The molecule has 4 heterocycles. The first-order valence-corrected chi connectivity index (χ1v) is 25.0. The van der Waals surface area contributed by atoms with Crippen LogP contribution in [-0.2, 0) is 90.3 Å². The molecule has 0 radical (unpaired) electrons. The fourth-order valence-electron chi connectivity index (χ4n) is 10.0. The van der Waals surface area contributed by atoms with E-state index in [0.29, 0.717) is 0 Å². The van der Waals surface area contributed by atoms with Gasteiger partial charge in [0.25, 0.3) is 20.0 Å². The quantitative estimate of drug-likeness (QED) is 0.149. The number of fused-ring (bicyclic) bond motifs is 4. The van der Waals surface area contributed by atoms with E-state index in [1.807, 2.05) is 13.8 Å². The number of amides is 2. The zero-order chi connectivity index (χ0) is 43.9. The van der Waals surface area contributed by atoms with Crippen LogP contribution in [0, 0.1) is 0 Å². The Bertz CT molecular complexity index is 2590. The number of carbonyl (C=O) groups excluding carboxylic acids is 2. The van der Waals surface area contributed by atoms with Crippen molar-refractivity contribution in [3.05, 3.63) is 80.2 Å². The third kappa shape index (κ3) is 8.90. The summed E-state index contributed by atoms with van der Waals surface area (Å²) in [6.07, 6.45) is 17.0. The van der Waals surface area contributed by atoms with Gasteiger partial charge in [-0.15, -0.1) is 0 Å². The molecule has 10 rings (SSSR count). The number of nitrogens with zero attached hydrogens (tertiary/aromatic N) is 7. The smallest absolute Gasteiger partial charge is 0.307 e. The number of rotatable bonds is 9. The second kappa shape index (κ2) is 17.8. The van der Waals surface area contributed by atoms with E-state index < -0.39 is 26.1 Å². The van der Waals surface area contributed by atoms with Crippen LogP contribution in [0.2, 0.25) is 0 Å². The topological polar surface area (TPSA) is 207 Å². The number of nitrogens with one attached hydrogen (secondary N) is 2. The largest absolute Gasteiger partial charge is 0.333 e. The van der Waals surface area contributed by atoms with Gasteiger partial charge in [-0.05, 0) is 148 Å². The second-order valence-corrected chi connectivity index (χ2v) is 20.6. The number of primary sulfonamides is 1. The van der Waals surface area contributed by atoms with Crippen LogP contribution in [0.25, 0.3) is 0 Å². The number of anilines is 1. The number of likely N-dealkylation sites (tertiary alicyclic amines) is 2. The standard InChI is InChI=1S/C22H29N5O3S.C13H13NO.C9H16N4O2S/c1-14(27-10-5-11-27)19-13-20(24-26(19)2)31(29,30)25-22(28)23-21-17-8-3-6-15(17)12-16-7-4-9-18(16)21;15-8-14-13-11-5-1-3-9(11)7-10-4-2-6-12(10)13;1-7(13-4-3-5-13)8-6-9(11-12(8)2)16(10,14)15/h12-14H,3-11H2,1-2H3,(H2,23,25,28);7H,1-6H2;6-7H,3-5H2,1-2H3,(H2,10,14,15). The number of benzene rings is 2. The Morgan fingerprint density at radius 1 is 0.661 bits per heavy atom. The number of aromatic nitrogens is 4. The van der Waals surface area contributed by atoms with E-state index in [-0.39, 0.29) is 22.1 Å². The van der Waals surface area contributed by atoms with E-state index in [1.165, 1.54) is 52.6 Å². The molecular weight excluding hydrogens is 829 g/mol. The summed E-state index contributed by atoms with van der Waals surface area (Å²) in [6.45, 7) is 8.20. The lowest BCUT2D eigenvalue weighted by Gasteiger charge is -2.36. The van der Waals surface area contributed by atoms with E-state index in [2.05, 4.69) is 47.2 Å². The number of hydrogen-bond donors (Lipinski definition) is 3. The Morgan fingerprint density at radius 3 is 1.48 bits per heavy atom. The molecule has 2 aromatic heterocycles. The molecule has 2 fully saturated rings. The lowest BCUT2D eigenvalue weighted by atomic mass is 9.99. The normalized spacial score (nSPS) is 18.6. The van der Waals surface area contributed by atoms with Gasteiger partial charge in [-0.1, -0.05) is 12.1 Å². The third-order valence-electron chi connectivity index (χ3n) is 13.6. The fraction of sp³-hybridized carbons (Fsp3) is 0.545. The number of urea groups is 1. The number of isocyanates is 1. The molecule has 0 spiro atoms. The lowest BCUT2D eigenvalue weighted by Crippen LogP contribution is -2.39. The average molecular weight is 887 g/mol. The minimum Gasteiger partial charge on any atom is -0.307 e. The molecule has 0 bridgehead atoms. The SMILES string of the molecule is CC(c1cc(S(=O)(=O)NC(=O)Nc2c3c(cc4c2CCC4)CCC3)nn1C)N1CCC1.CC(c1cc(S(N)(=O)=O)nn1C)N1CCC1.O=C=Nc1c2c(cc3c1CCC3)CCC2. The molecule has 2 amide bonds. The lowest BCUT2D eigenvalue weighted by molar-refractivity contribution is 0.123. The highest BCUT2D eigenvalue weighted by atomic mass is 32.2. The third-order valence-corrected chi connectivity index (χ3v) is 15.6. The van der Waals surface area contributed by atoms with Gasteiger partial charge in [-0.2, -0.15) is 23.6 Å². The molecule has 0 saturated carbocycles. The highest BCUT2D eigenvalue weighted by Crippen LogP contribution is 2.41. The van der Waals surface area contributed by atoms with Gasteiger partial charge in [0, 0.05) is 70.2 Å². The van der Waals surface area contributed by atoms with Gasteiger partial charge in [-0.3, -0.25) is 19.2 Å². The monoisotopic (exact) mass is 886 g/mol. The van der Waals surface area contributed by atoms with E-state index in [9.17, 15) is 26.4 Å². The number of carbonyl (C=O) groups is 1. The van der Waals surface area contributed by atoms with Crippen LogP contribution >= 0.6 is 0 Å². The summed E-state index contributed by atoms with van der Waals surface area (Å²) in [5.41, 5.74) is 13.9. The Balaban J connectivity index is 0.000000143. The molecule has 2 aromatic carbocycles. The maximum atomic E-state index is 12.9. The summed E-state index contributed by atoms with van der Waals surface area (Å²) in [5.74, 6) is 0. The van der Waals surface area contributed by atoms with Crippen molar-refractivity contribution in [2.45, 2.75) is 126 Å². The molecule has 332 valence electrons. The van der Waals surface area contributed by atoms with Gasteiger partial charge in [0.2, 0.25) is 6.08 Å².